The Morgan fingerprint density at radius 3 is 2.63 bits per heavy atom. The molecular weight excluding hydrogens is 384 g/mol. The van der Waals surface area contributed by atoms with Gasteiger partial charge in [-0.15, -0.1) is 10.2 Å². The van der Waals surface area contributed by atoms with Crippen molar-refractivity contribution < 1.29 is 9.59 Å². The second-order valence-corrected chi connectivity index (χ2v) is 7.54. The first-order valence-corrected chi connectivity index (χ1v) is 9.56. The van der Waals surface area contributed by atoms with E-state index in [1.54, 1.807) is 29.2 Å². The van der Waals surface area contributed by atoms with E-state index < -0.39 is 0 Å². The summed E-state index contributed by atoms with van der Waals surface area (Å²) in [5, 5.41) is 12.4. The van der Waals surface area contributed by atoms with Crippen LogP contribution in [-0.4, -0.2) is 28.6 Å². The highest BCUT2D eigenvalue weighted by molar-refractivity contribution is 7.15. The molecule has 1 aromatic heterocycles. The summed E-state index contributed by atoms with van der Waals surface area (Å²) in [6, 6.07) is 16.4. The van der Waals surface area contributed by atoms with Crippen LogP contribution in [0.2, 0.25) is 5.02 Å². The Bertz CT molecular complexity index is 992. The summed E-state index contributed by atoms with van der Waals surface area (Å²) in [6.45, 7) is 0.552. The molecule has 0 aliphatic carbocycles. The van der Waals surface area contributed by atoms with Gasteiger partial charge in [0.1, 0.15) is 5.01 Å². The number of amides is 2. The lowest BCUT2D eigenvalue weighted by molar-refractivity contribution is -0.117. The molecule has 136 valence electrons. The molecule has 8 heteroatoms. The molecule has 0 spiro atoms. The van der Waals surface area contributed by atoms with E-state index >= 15 is 0 Å². The third-order valence-electron chi connectivity index (χ3n) is 4.32. The summed E-state index contributed by atoms with van der Waals surface area (Å²) in [7, 11) is 0. The zero-order valence-corrected chi connectivity index (χ0v) is 15.7. The normalized spacial score (nSPS) is 16.6. The maximum absolute atomic E-state index is 12.4. The first-order chi connectivity index (χ1) is 13.1. The molecule has 27 heavy (non-hydrogen) atoms. The van der Waals surface area contributed by atoms with Gasteiger partial charge in [0.25, 0.3) is 5.91 Å². The first-order valence-electron chi connectivity index (χ1n) is 8.36. The van der Waals surface area contributed by atoms with E-state index in [1.807, 2.05) is 30.3 Å². The molecule has 2 heterocycles. The fraction of sp³-hybridized carbons (Fsp3) is 0.158. The topological polar surface area (TPSA) is 75.2 Å². The molecule has 1 fully saturated rings. The molecule has 6 nitrogen and oxygen atoms in total. The van der Waals surface area contributed by atoms with Crippen LogP contribution >= 0.6 is 22.9 Å². The molecule has 1 N–H and O–H groups in total. The molecule has 3 aromatic rings. The van der Waals surface area contributed by atoms with Gasteiger partial charge in [0.05, 0.1) is 10.6 Å². The lowest BCUT2D eigenvalue weighted by Gasteiger charge is -2.15. The molecule has 2 amide bonds. The van der Waals surface area contributed by atoms with Gasteiger partial charge in [0.2, 0.25) is 11.0 Å². The maximum atomic E-state index is 12.4. The smallest absolute Gasteiger partial charge is 0.259 e. The predicted octanol–water partition coefficient (Wildman–Crippen LogP) is 3.96. The summed E-state index contributed by atoms with van der Waals surface area (Å²) in [6.07, 6.45) is 0.377. The average molecular weight is 399 g/mol. The molecule has 0 radical (unpaired) electrons. The van der Waals surface area contributed by atoms with E-state index in [2.05, 4.69) is 15.5 Å². The van der Waals surface area contributed by atoms with Gasteiger partial charge in [-0.1, -0.05) is 53.3 Å². The SMILES string of the molecule is O=C(Nc1nnc(C2CC(=O)N(c3ccccc3)C2)s1)c1ccccc1Cl. The summed E-state index contributed by atoms with van der Waals surface area (Å²) < 4.78 is 0. The van der Waals surface area contributed by atoms with Crippen LogP contribution in [0.5, 0.6) is 0 Å². The Labute approximate surface area is 164 Å². The van der Waals surface area contributed by atoms with Crippen molar-refractivity contribution in [2.24, 2.45) is 0 Å². The van der Waals surface area contributed by atoms with Crippen molar-refractivity contribution in [1.29, 1.82) is 0 Å². The summed E-state index contributed by atoms with van der Waals surface area (Å²) in [4.78, 5) is 26.5. The van der Waals surface area contributed by atoms with Crippen LogP contribution < -0.4 is 10.2 Å². The summed E-state index contributed by atoms with van der Waals surface area (Å²) >= 11 is 7.33. The quantitative estimate of drug-likeness (QED) is 0.721. The number of hydrogen-bond donors (Lipinski definition) is 1. The van der Waals surface area contributed by atoms with Gasteiger partial charge in [0, 0.05) is 24.6 Å². The fourth-order valence-electron chi connectivity index (χ4n) is 2.99. The highest BCUT2D eigenvalue weighted by Crippen LogP contribution is 2.34. The van der Waals surface area contributed by atoms with Crippen molar-refractivity contribution in [3.63, 3.8) is 0 Å². The number of nitrogens with zero attached hydrogens (tertiary/aromatic N) is 3. The van der Waals surface area contributed by atoms with Crippen LogP contribution in [0, 0.1) is 0 Å². The Morgan fingerprint density at radius 1 is 1.11 bits per heavy atom. The van der Waals surface area contributed by atoms with E-state index in [-0.39, 0.29) is 17.7 Å². The highest BCUT2D eigenvalue weighted by Gasteiger charge is 2.33. The van der Waals surface area contributed by atoms with Crippen molar-refractivity contribution in [3.05, 3.63) is 70.2 Å². The number of carbonyl (C=O) groups excluding carboxylic acids is 2. The van der Waals surface area contributed by atoms with Gasteiger partial charge in [-0.2, -0.15) is 0 Å². The first kappa shape index (κ1) is 17.6. The van der Waals surface area contributed by atoms with Crippen LogP contribution in [0.1, 0.15) is 27.7 Å². The van der Waals surface area contributed by atoms with Crippen LogP contribution in [0.4, 0.5) is 10.8 Å². The predicted molar refractivity (Wildman–Crippen MR) is 105 cm³/mol. The molecule has 0 saturated carbocycles. The molecule has 1 atom stereocenters. The monoisotopic (exact) mass is 398 g/mol. The Hall–Kier alpha value is -2.77. The maximum Gasteiger partial charge on any atom is 0.259 e. The zero-order chi connectivity index (χ0) is 18.8. The molecule has 1 saturated heterocycles. The number of halogens is 1. The molecule has 4 rings (SSSR count). The van der Waals surface area contributed by atoms with Crippen LogP contribution in [0.3, 0.4) is 0 Å². The molecule has 2 aromatic carbocycles. The van der Waals surface area contributed by atoms with Gasteiger partial charge in [-0.05, 0) is 24.3 Å². The van der Waals surface area contributed by atoms with Crippen molar-refractivity contribution in [1.82, 2.24) is 10.2 Å². The molecule has 1 unspecified atom stereocenters. The number of rotatable bonds is 4. The third-order valence-corrected chi connectivity index (χ3v) is 5.65. The van der Waals surface area contributed by atoms with E-state index in [4.69, 9.17) is 11.6 Å². The number of nitrogens with one attached hydrogen (secondary N) is 1. The van der Waals surface area contributed by atoms with E-state index in [0.717, 1.165) is 10.7 Å². The fourth-order valence-corrected chi connectivity index (χ4v) is 4.04. The third kappa shape index (κ3) is 3.70. The summed E-state index contributed by atoms with van der Waals surface area (Å²) in [5.74, 6) is -0.319. The van der Waals surface area contributed by atoms with E-state index in [1.165, 1.54) is 11.3 Å². The average Bonchev–Trinajstić information content (AvgIpc) is 3.29. The number of carbonyl (C=O) groups is 2. The van der Waals surface area contributed by atoms with E-state index in [9.17, 15) is 9.59 Å². The highest BCUT2D eigenvalue weighted by atomic mass is 35.5. The van der Waals surface area contributed by atoms with Gasteiger partial charge in [0.15, 0.2) is 0 Å². The van der Waals surface area contributed by atoms with Crippen molar-refractivity contribution >= 4 is 45.6 Å². The summed E-state index contributed by atoms with van der Waals surface area (Å²) in [5.41, 5.74) is 1.25. The lowest BCUT2D eigenvalue weighted by atomic mass is 10.1. The Kier molecular flexibility index (Phi) is 4.87. The minimum atomic E-state index is -0.336. The number of anilines is 2. The van der Waals surface area contributed by atoms with Gasteiger partial charge in [-0.25, -0.2) is 0 Å². The standard InChI is InChI=1S/C19H15ClN4O2S/c20-15-9-5-4-8-14(15)17(26)21-19-23-22-18(27-19)12-10-16(25)24(11-12)13-6-2-1-3-7-13/h1-9,12H,10-11H2,(H,21,23,26). The molecular formula is C19H15ClN4O2S. The lowest BCUT2D eigenvalue weighted by Crippen LogP contribution is -2.24. The number of hydrogen-bond acceptors (Lipinski definition) is 5. The molecule has 1 aliphatic rings. The van der Waals surface area contributed by atoms with Gasteiger partial charge < -0.3 is 4.90 Å². The van der Waals surface area contributed by atoms with Gasteiger partial charge >= 0.3 is 0 Å². The van der Waals surface area contributed by atoms with Crippen molar-refractivity contribution in [3.8, 4) is 0 Å². The number of aromatic nitrogens is 2. The zero-order valence-electron chi connectivity index (χ0n) is 14.1. The van der Waals surface area contributed by atoms with Crippen LogP contribution in [-0.2, 0) is 4.79 Å². The molecule has 0 bridgehead atoms. The van der Waals surface area contributed by atoms with Crippen molar-refractivity contribution in [2.75, 3.05) is 16.8 Å². The molecule has 1 aliphatic heterocycles. The Morgan fingerprint density at radius 2 is 1.85 bits per heavy atom. The number of para-hydroxylation sites is 1. The van der Waals surface area contributed by atoms with Gasteiger partial charge in [-0.3, -0.25) is 14.9 Å². The van der Waals surface area contributed by atoms with Crippen molar-refractivity contribution in [2.45, 2.75) is 12.3 Å². The minimum Gasteiger partial charge on any atom is -0.312 e. The van der Waals surface area contributed by atoms with Crippen LogP contribution in [0.15, 0.2) is 54.6 Å². The van der Waals surface area contributed by atoms with Crippen LogP contribution in [0.25, 0.3) is 0 Å². The number of benzene rings is 2. The minimum absolute atomic E-state index is 0.0406. The second-order valence-electron chi connectivity index (χ2n) is 6.12. The second kappa shape index (κ2) is 7.46. The van der Waals surface area contributed by atoms with E-state index in [0.29, 0.717) is 28.7 Å². The Balaban J connectivity index is 1.46. The largest absolute Gasteiger partial charge is 0.312 e.